The highest BCUT2D eigenvalue weighted by Crippen LogP contribution is 2.32. The topological polar surface area (TPSA) is 68.7 Å². The SMILES string of the molecule is O=C(O)N1CCc2nc(N3C4CCC3CNC4)ccc2C1. The number of fused-ring (bicyclic) bond motifs is 3. The summed E-state index contributed by atoms with van der Waals surface area (Å²) in [5.41, 5.74) is 2.12. The van der Waals surface area contributed by atoms with Crippen molar-refractivity contribution in [3.63, 3.8) is 0 Å². The van der Waals surface area contributed by atoms with Gasteiger partial charge >= 0.3 is 6.09 Å². The molecular formula is C15H20N4O2. The van der Waals surface area contributed by atoms with Crippen molar-refractivity contribution in [2.45, 2.75) is 37.9 Å². The second kappa shape index (κ2) is 4.87. The van der Waals surface area contributed by atoms with Crippen LogP contribution in [-0.4, -0.2) is 52.8 Å². The number of aromatic nitrogens is 1. The Morgan fingerprint density at radius 2 is 2.05 bits per heavy atom. The first-order chi connectivity index (χ1) is 10.2. The number of hydrogen-bond donors (Lipinski definition) is 2. The van der Waals surface area contributed by atoms with E-state index < -0.39 is 6.09 Å². The predicted molar refractivity (Wildman–Crippen MR) is 78.5 cm³/mol. The summed E-state index contributed by atoms with van der Waals surface area (Å²) >= 11 is 0. The maximum Gasteiger partial charge on any atom is 0.407 e. The Morgan fingerprint density at radius 3 is 2.76 bits per heavy atom. The van der Waals surface area contributed by atoms with Crippen LogP contribution in [0.15, 0.2) is 12.1 Å². The summed E-state index contributed by atoms with van der Waals surface area (Å²) in [6, 6.07) is 5.26. The monoisotopic (exact) mass is 288 g/mol. The molecule has 2 fully saturated rings. The fraction of sp³-hybridized carbons (Fsp3) is 0.600. The Kier molecular flexibility index (Phi) is 2.99. The summed E-state index contributed by atoms with van der Waals surface area (Å²) in [5, 5.41) is 12.6. The van der Waals surface area contributed by atoms with Crippen molar-refractivity contribution in [3.05, 3.63) is 23.4 Å². The van der Waals surface area contributed by atoms with Crippen molar-refractivity contribution in [3.8, 4) is 0 Å². The normalized spacial score (nSPS) is 27.6. The van der Waals surface area contributed by atoms with E-state index >= 15 is 0 Å². The van der Waals surface area contributed by atoms with Crippen molar-refractivity contribution in [1.82, 2.24) is 15.2 Å². The van der Waals surface area contributed by atoms with Gasteiger partial charge in [-0.1, -0.05) is 6.07 Å². The van der Waals surface area contributed by atoms with E-state index in [9.17, 15) is 4.79 Å². The van der Waals surface area contributed by atoms with E-state index in [0.29, 0.717) is 25.2 Å². The molecule has 2 N–H and O–H groups in total. The van der Waals surface area contributed by atoms with Crippen LogP contribution in [0.1, 0.15) is 24.1 Å². The molecule has 112 valence electrons. The van der Waals surface area contributed by atoms with Gasteiger partial charge in [0.25, 0.3) is 0 Å². The fourth-order valence-electron chi connectivity index (χ4n) is 3.86. The van der Waals surface area contributed by atoms with Crippen LogP contribution in [-0.2, 0) is 13.0 Å². The molecule has 2 atom stereocenters. The van der Waals surface area contributed by atoms with Crippen LogP contribution in [0.25, 0.3) is 0 Å². The maximum absolute atomic E-state index is 11.1. The van der Waals surface area contributed by atoms with Gasteiger partial charge in [0.05, 0.1) is 6.54 Å². The summed E-state index contributed by atoms with van der Waals surface area (Å²) in [6.45, 7) is 3.10. The van der Waals surface area contributed by atoms with Crippen molar-refractivity contribution in [1.29, 1.82) is 0 Å². The molecular weight excluding hydrogens is 268 g/mol. The molecule has 1 aromatic heterocycles. The van der Waals surface area contributed by atoms with Gasteiger partial charge < -0.3 is 20.2 Å². The molecule has 4 rings (SSSR count). The molecule has 6 nitrogen and oxygen atoms in total. The molecule has 0 aromatic carbocycles. The molecule has 21 heavy (non-hydrogen) atoms. The molecule has 1 amide bonds. The zero-order valence-electron chi connectivity index (χ0n) is 12.0. The first-order valence-electron chi connectivity index (χ1n) is 7.68. The highest BCUT2D eigenvalue weighted by molar-refractivity contribution is 5.65. The number of rotatable bonds is 1. The molecule has 3 aliphatic heterocycles. The van der Waals surface area contributed by atoms with Crippen molar-refractivity contribution in [2.24, 2.45) is 0 Å². The second-order valence-corrected chi connectivity index (χ2v) is 6.18. The third kappa shape index (κ3) is 2.14. The lowest BCUT2D eigenvalue weighted by Crippen LogP contribution is -2.52. The molecule has 1 aromatic rings. The molecule has 6 heteroatoms. The lowest BCUT2D eigenvalue weighted by atomic mass is 10.1. The average Bonchev–Trinajstić information content (AvgIpc) is 2.75. The minimum absolute atomic E-state index is 0.465. The van der Waals surface area contributed by atoms with Crippen molar-refractivity contribution < 1.29 is 9.90 Å². The van der Waals surface area contributed by atoms with Gasteiger partial charge in [0, 0.05) is 43.8 Å². The molecule has 3 aliphatic rings. The second-order valence-electron chi connectivity index (χ2n) is 6.18. The van der Waals surface area contributed by atoms with E-state index in [-0.39, 0.29) is 0 Å². The molecule has 2 saturated heterocycles. The Morgan fingerprint density at radius 1 is 1.29 bits per heavy atom. The van der Waals surface area contributed by atoms with Crippen LogP contribution in [0.5, 0.6) is 0 Å². The van der Waals surface area contributed by atoms with E-state index in [1.807, 2.05) is 0 Å². The number of carboxylic acid groups (broad SMARTS) is 1. The van der Waals surface area contributed by atoms with Gasteiger partial charge in [-0.05, 0) is 24.5 Å². The maximum atomic E-state index is 11.1. The van der Waals surface area contributed by atoms with Gasteiger partial charge in [0.15, 0.2) is 0 Å². The third-order valence-corrected chi connectivity index (χ3v) is 4.95. The van der Waals surface area contributed by atoms with Crippen LogP contribution >= 0.6 is 0 Å². The lowest BCUT2D eigenvalue weighted by Gasteiger charge is -2.37. The largest absolute Gasteiger partial charge is 0.465 e. The number of hydrogen-bond acceptors (Lipinski definition) is 4. The Labute approximate surface area is 123 Å². The smallest absolute Gasteiger partial charge is 0.407 e. The summed E-state index contributed by atoms with van der Waals surface area (Å²) in [6.07, 6.45) is 2.36. The van der Waals surface area contributed by atoms with Crippen LogP contribution in [0.2, 0.25) is 0 Å². The van der Waals surface area contributed by atoms with Gasteiger partial charge in [0.2, 0.25) is 0 Å². The number of amides is 1. The van der Waals surface area contributed by atoms with Crippen molar-refractivity contribution in [2.75, 3.05) is 24.5 Å². The van der Waals surface area contributed by atoms with Gasteiger partial charge in [-0.25, -0.2) is 9.78 Å². The summed E-state index contributed by atoms with van der Waals surface area (Å²) in [5.74, 6) is 1.08. The first-order valence-corrected chi connectivity index (χ1v) is 7.68. The number of pyridine rings is 1. The Bertz CT molecular complexity index is 561. The minimum Gasteiger partial charge on any atom is -0.465 e. The van der Waals surface area contributed by atoms with Gasteiger partial charge in [-0.2, -0.15) is 0 Å². The van der Waals surface area contributed by atoms with Gasteiger partial charge in [-0.15, -0.1) is 0 Å². The quantitative estimate of drug-likeness (QED) is 0.808. The molecule has 2 bridgehead atoms. The van der Waals surface area contributed by atoms with Gasteiger partial charge in [0.1, 0.15) is 5.82 Å². The zero-order valence-corrected chi connectivity index (χ0v) is 12.0. The first kappa shape index (κ1) is 12.9. The van der Waals surface area contributed by atoms with E-state index in [1.54, 1.807) is 0 Å². The third-order valence-electron chi connectivity index (χ3n) is 4.95. The molecule has 0 radical (unpaired) electrons. The summed E-state index contributed by atoms with van der Waals surface area (Å²) < 4.78 is 0. The van der Waals surface area contributed by atoms with Crippen LogP contribution in [0, 0.1) is 0 Å². The van der Waals surface area contributed by atoms with Crippen molar-refractivity contribution >= 4 is 11.9 Å². The van der Waals surface area contributed by atoms with E-state index in [0.717, 1.165) is 36.6 Å². The number of anilines is 1. The number of piperazine rings is 1. The number of carbonyl (C=O) groups is 1. The van der Waals surface area contributed by atoms with E-state index in [1.165, 1.54) is 17.7 Å². The van der Waals surface area contributed by atoms with Gasteiger partial charge in [-0.3, -0.25) is 0 Å². The Balaban J connectivity index is 1.61. The summed E-state index contributed by atoms with van der Waals surface area (Å²) in [7, 11) is 0. The summed E-state index contributed by atoms with van der Waals surface area (Å²) in [4.78, 5) is 19.8. The van der Waals surface area contributed by atoms with Crippen LogP contribution in [0.3, 0.4) is 0 Å². The fourth-order valence-corrected chi connectivity index (χ4v) is 3.86. The lowest BCUT2D eigenvalue weighted by molar-refractivity contribution is 0.139. The average molecular weight is 288 g/mol. The molecule has 0 spiro atoms. The Hall–Kier alpha value is -1.82. The van der Waals surface area contributed by atoms with E-state index in [2.05, 4.69) is 22.3 Å². The molecule has 2 unspecified atom stereocenters. The minimum atomic E-state index is -0.843. The molecule has 0 saturated carbocycles. The number of nitrogens with zero attached hydrogens (tertiary/aromatic N) is 3. The van der Waals surface area contributed by atoms with Crippen LogP contribution < -0.4 is 10.2 Å². The molecule has 4 heterocycles. The van der Waals surface area contributed by atoms with E-state index in [4.69, 9.17) is 10.1 Å². The highest BCUT2D eigenvalue weighted by Gasteiger charge is 2.37. The zero-order chi connectivity index (χ0) is 14.4. The predicted octanol–water partition coefficient (Wildman–Crippen LogP) is 1.06. The number of nitrogens with one attached hydrogen (secondary N) is 1. The highest BCUT2D eigenvalue weighted by atomic mass is 16.4. The van der Waals surface area contributed by atoms with Crippen LogP contribution in [0.4, 0.5) is 10.6 Å². The molecule has 0 aliphatic carbocycles. The standard InChI is InChI=1S/C15H20N4O2/c20-15(21)18-6-5-13-10(9-18)1-4-14(17-13)19-11-2-3-12(19)8-16-7-11/h1,4,11-12,16H,2-3,5-9H2,(H,20,21).